The Bertz CT molecular complexity index is 725. The highest BCUT2D eigenvalue weighted by Gasteiger charge is 2.24. The molecule has 0 fully saturated rings. The number of hydrogen-bond donors (Lipinski definition) is 1. The summed E-state index contributed by atoms with van der Waals surface area (Å²) >= 11 is 0. The molecule has 1 N–H and O–H groups in total. The highest BCUT2D eigenvalue weighted by Crippen LogP contribution is 2.17. The Morgan fingerprint density at radius 2 is 1.58 bits per heavy atom. The van der Waals surface area contributed by atoms with E-state index in [1.54, 1.807) is 29.2 Å². The van der Waals surface area contributed by atoms with Gasteiger partial charge in [0, 0.05) is 18.3 Å². The molecule has 138 valence electrons. The van der Waals surface area contributed by atoms with Crippen LogP contribution in [0.2, 0.25) is 0 Å². The van der Waals surface area contributed by atoms with Crippen molar-refractivity contribution in [1.29, 1.82) is 0 Å². The third kappa shape index (κ3) is 5.62. The van der Waals surface area contributed by atoms with Crippen LogP contribution in [-0.4, -0.2) is 28.9 Å². The Hall–Kier alpha value is -2.82. The van der Waals surface area contributed by atoms with Crippen LogP contribution >= 0.6 is 0 Å². The number of benzene rings is 2. The zero-order valence-corrected chi connectivity index (χ0v) is 15.7. The van der Waals surface area contributed by atoms with Crippen molar-refractivity contribution in [1.82, 2.24) is 4.90 Å². The molecule has 2 amide bonds. The van der Waals surface area contributed by atoms with E-state index in [2.05, 4.69) is 5.32 Å². The van der Waals surface area contributed by atoms with E-state index in [0.717, 1.165) is 11.3 Å². The molecular weight excluding hydrogens is 328 g/mol. The van der Waals surface area contributed by atoms with E-state index in [-0.39, 0.29) is 12.1 Å². The molecule has 2 rings (SSSR count). The molecule has 2 aromatic rings. The van der Waals surface area contributed by atoms with Gasteiger partial charge >= 0.3 is 11.8 Å². The minimum absolute atomic E-state index is 0.0783. The molecule has 2 aromatic carbocycles. The van der Waals surface area contributed by atoms with Crippen LogP contribution in [0.15, 0.2) is 54.6 Å². The van der Waals surface area contributed by atoms with Gasteiger partial charge in [0.15, 0.2) is 0 Å². The first-order valence-electron chi connectivity index (χ1n) is 8.79. The van der Waals surface area contributed by atoms with E-state index in [9.17, 15) is 9.59 Å². The number of hydrogen-bond acceptors (Lipinski definition) is 3. The maximum atomic E-state index is 12.6. The normalized spacial score (nSPS) is 10.7. The molecule has 0 saturated carbocycles. The Balaban J connectivity index is 2.03. The molecule has 0 spiro atoms. The Morgan fingerprint density at radius 1 is 0.962 bits per heavy atom. The molecule has 5 nitrogen and oxygen atoms in total. The Labute approximate surface area is 155 Å². The summed E-state index contributed by atoms with van der Waals surface area (Å²) in [4.78, 5) is 26.5. The number of rotatable bonds is 6. The first-order chi connectivity index (χ1) is 12.4. The number of nitrogens with one attached hydrogen (secondary N) is 1. The van der Waals surface area contributed by atoms with E-state index in [1.807, 2.05) is 58.0 Å². The molecule has 0 aromatic heterocycles. The molecule has 0 heterocycles. The van der Waals surface area contributed by atoms with Crippen molar-refractivity contribution in [3.63, 3.8) is 0 Å². The van der Waals surface area contributed by atoms with Crippen LogP contribution in [0.3, 0.4) is 0 Å². The summed E-state index contributed by atoms with van der Waals surface area (Å²) in [6, 6.07) is 16.5. The van der Waals surface area contributed by atoms with Crippen molar-refractivity contribution in [2.75, 3.05) is 5.32 Å². The van der Waals surface area contributed by atoms with Crippen molar-refractivity contribution < 1.29 is 14.3 Å². The predicted molar refractivity (Wildman–Crippen MR) is 103 cm³/mol. The van der Waals surface area contributed by atoms with Crippen LogP contribution in [0.25, 0.3) is 0 Å². The van der Waals surface area contributed by atoms with E-state index < -0.39 is 11.8 Å². The van der Waals surface area contributed by atoms with E-state index in [1.165, 1.54) is 0 Å². The van der Waals surface area contributed by atoms with E-state index >= 15 is 0 Å². The standard InChI is InChI=1S/C21H26N2O3/c1-15(2)23(14-17-8-6-5-7-9-17)21(25)20(24)22-18-10-12-19(13-11-18)26-16(3)4/h5-13,15-16H,14H2,1-4H3,(H,22,24). The molecule has 0 radical (unpaired) electrons. The fraction of sp³-hybridized carbons (Fsp3) is 0.333. The molecule has 26 heavy (non-hydrogen) atoms. The van der Waals surface area contributed by atoms with Crippen molar-refractivity contribution in [2.24, 2.45) is 0 Å². The van der Waals surface area contributed by atoms with Gasteiger partial charge in [0.25, 0.3) is 0 Å². The molecule has 0 aliphatic heterocycles. The Morgan fingerprint density at radius 3 is 2.12 bits per heavy atom. The molecular formula is C21H26N2O3. The lowest BCUT2D eigenvalue weighted by molar-refractivity contribution is -0.144. The molecule has 0 saturated heterocycles. The SMILES string of the molecule is CC(C)Oc1ccc(NC(=O)C(=O)N(Cc2ccccc2)C(C)C)cc1. The fourth-order valence-electron chi connectivity index (χ4n) is 2.47. The lowest BCUT2D eigenvalue weighted by Crippen LogP contribution is -2.43. The van der Waals surface area contributed by atoms with E-state index in [4.69, 9.17) is 4.74 Å². The van der Waals surface area contributed by atoms with Gasteiger partial charge in [0.2, 0.25) is 0 Å². The second kappa shape index (κ2) is 9.04. The summed E-state index contributed by atoms with van der Waals surface area (Å²) in [5.74, 6) is -0.476. The summed E-state index contributed by atoms with van der Waals surface area (Å²) in [6.07, 6.45) is 0.0783. The van der Waals surface area contributed by atoms with Crippen molar-refractivity contribution in [3.8, 4) is 5.75 Å². The average Bonchev–Trinajstić information content (AvgIpc) is 2.61. The van der Waals surface area contributed by atoms with Gasteiger partial charge in [-0.05, 0) is 57.5 Å². The largest absolute Gasteiger partial charge is 0.491 e. The zero-order chi connectivity index (χ0) is 19.1. The van der Waals surface area contributed by atoms with Crippen molar-refractivity contribution in [2.45, 2.75) is 46.4 Å². The number of anilines is 1. The summed E-state index contributed by atoms with van der Waals surface area (Å²) in [5, 5.41) is 2.66. The smallest absolute Gasteiger partial charge is 0.313 e. The fourth-order valence-corrected chi connectivity index (χ4v) is 2.47. The van der Waals surface area contributed by atoms with Gasteiger partial charge in [0.05, 0.1) is 6.10 Å². The van der Waals surface area contributed by atoms with Gasteiger partial charge < -0.3 is 15.0 Å². The summed E-state index contributed by atoms with van der Waals surface area (Å²) in [6.45, 7) is 8.08. The predicted octanol–water partition coefficient (Wildman–Crippen LogP) is 3.85. The maximum absolute atomic E-state index is 12.6. The second-order valence-electron chi connectivity index (χ2n) is 6.66. The van der Waals surface area contributed by atoms with Crippen LogP contribution in [0.1, 0.15) is 33.3 Å². The molecule has 0 aliphatic carbocycles. The van der Waals surface area contributed by atoms with Crippen LogP contribution in [0.5, 0.6) is 5.75 Å². The van der Waals surface area contributed by atoms with Gasteiger partial charge in [-0.25, -0.2) is 0 Å². The summed E-state index contributed by atoms with van der Waals surface area (Å²) < 4.78 is 5.57. The molecule has 0 aliphatic rings. The highest BCUT2D eigenvalue weighted by molar-refractivity contribution is 6.39. The minimum Gasteiger partial charge on any atom is -0.491 e. The first kappa shape index (κ1) is 19.5. The Kier molecular flexibility index (Phi) is 6.78. The number of carbonyl (C=O) groups is 2. The lowest BCUT2D eigenvalue weighted by atomic mass is 10.2. The van der Waals surface area contributed by atoms with Crippen LogP contribution < -0.4 is 10.1 Å². The van der Waals surface area contributed by atoms with Gasteiger partial charge in [0.1, 0.15) is 5.75 Å². The molecule has 0 unspecified atom stereocenters. The van der Waals surface area contributed by atoms with Gasteiger partial charge in [-0.2, -0.15) is 0 Å². The van der Waals surface area contributed by atoms with Crippen LogP contribution in [0.4, 0.5) is 5.69 Å². The van der Waals surface area contributed by atoms with Crippen molar-refractivity contribution in [3.05, 3.63) is 60.2 Å². The zero-order valence-electron chi connectivity index (χ0n) is 15.7. The molecule has 0 atom stereocenters. The van der Waals surface area contributed by atoms with Gasteiger partial charge in [-0.15, -0.1) is 0 Å². The third-order valence-electron chi connectivity index (χ3n) is 3.76. The lowest BCUT2D eigenvalue weighted by Gasteiger charge is -2.26. The molecule has 5 heteroatoms. The number of nitrogens with zero attached hydrogens (tertiary/aromatic N) is 1. The van der Waals surface area contributed by atoms with Crippen LogP contribution in [0, 0.1) is 0 Å². The summed E-state index contributed by atoms with van der Waals surface area (Å²) in [5.41, 5.74) is 1.54. The first-order valence-corrected chi connectivity index (χ1v) is 8.79. The van der Waals surface area contributed by atoms with Crippen LogP contribution in [-0.2, 0) is 16.1 Å². The van der Waals surface area contributed by atoms with E-state index in [0.29, 0.717) is 12.2 Å². The van der Waals surface area contributed by atoms with Crippen molar-refractivity contribution >= 4 is 17.5 Å². The third-order valence-corrected chi connectivity index (χ3v) is 3.76. The summed E-state index contributed by atoms with van der Waals surface area (Å²) in [7, 11) is 0. The minimum atomic E-state index is -0.646. The van der Waals surface area contributed by atoms with Gasteiger partial charge in [-0.3, -0.25) is 9.59 Å². The number of ether oxygens (including phenoxy) is 1. The van der Waals surface area contributed by atoms with Gasteiger partial charge in [-0.1, -0.05) is 30.3 Å². The number of carbonyl (C=O) groups excluding carboxylic acids is 2. The quantitative estimate of drug-likeness (QED) is 0.802. The second-order valence-corrected chi connectivity index (χ2v) is 6.66. The number of amides is 2. The highest BCUT2D eigenvalue weighted by atomic mass is 16.5. The maximum Gasteiger partial charge on any atom is 0.313 e. The topological polar surface area (TPSA) is 58.6 Å². The molecule has 0 bridgehead atoms. The average molecular weight is 354 g/mol. The monoisotopic (exact) mass is 354 g/mol.